The van der Waals surface area contributed by atoms with E-state index in [0.717, 1.165) is 84.8 Å². The number of nitrogens with one attached hydrogen (secondary N) is 1. The number of aromatic hydroxyl groups is 1. The van der Waals surface area contributed by atoms with Crippen LogP contribution >= 0.6 is 0 Å². The largest absolute Gasteiger partial charge is 0.507 e. The number of rotatable bonds is 6. The van der Waals surface area contributed by atoms with Crippen LogP contribution < -0.4 is 10.2 Å². The minimum Gasteiger partial charge on any atom is -0.507 e. The van der Waals surface area contributed by atoms with Crippen molar-refractivity contribution in [2.24, 2.45) is 0 Å². The Kier molecular flexibility index (Phi) is 8.24. The lowest BCUT2D eigenvalue weighted by molar-refractivity contribution is -0.134. The number of phenolic OH excluding ortho intramolecular Hbond substituents is 1. The van der Waals surface area contributed by atoms with Crippen LogP contribution in [0.15, 0.2) is 97.2 Å². The molecule has 0 spiro atoms. The van der Waals surface area contributed by atoms with Crippen LogP contribution in [0.4, 0.5) is 5.69 Å². The summed E-state index contributed by atoms with van der Waals surface area (Å²) in [5.41, 5.74) is 8.26. The molecule has 276 valence electrons. The van der Waals surface area contributed by atoms with Crippen molar-refractivity contribution in [2.45, 2.75) is 75.3 Å². The number of para-hydroxylation sites is 1. The van der Waals surface area contributed by atoms with Gasteiger partial charge in [-0.2, -0.15) is 0 Å². The molecule has 2 aromatic heterocycles. The van der Waals surface area contributed by atoms with Crippen molar-refractivity contribution < 1.29 is 19.5 Å². The third kappa shape index (κ3) is 5.78. The first-order valence-electron chi connectivity index (χ1n) is 19.6. The normalized spacial score (nSPS) is 22.1. The van der Waals surface area contributed by atoms with Gasteiger partial charge in [-0.1, -0.05) is 42.5 Å². The molecule has 10 rings (SSSR count). The Morgan fingerprint density at radius 1 is 0.727 bits per heavy atom. The maximum atomic E-state index is 13.6. The molecule has 5 heterocycles. The van der Waals surface area contributed by atoms with E-state index in [1.54, 1.807) is 17.0 Å². The van der Waals surface area contributed by atoms with Gasteiger partial charge in [0, 0.05) is 40.9 Å². The summed E-state index contributed by atoms with van der Waals surface area (Å²) < 4.78 is 2.13. The highest BCUT2D eigenvalue weighted by Gasteiger charge is 2.41. The lowest BCUT2D eigenvalue weighted by Crippen LogP contribution is -2.53. The van der Waals surface area contributed by atoms with Crippen LogP contribution in [-0.4, -0.2) is 67.7 Å². The average molecular weight is 731 g/mol. The first-order valence-corrected chi connectivity index (χ1v) is 19.6. The highest BCUT2D eigenvalue weighted by Crippen LogP contribution is 2.46. The minimum atomic E-state index is -0.668. The summed E-state index contributed by atoms with van der Waals surface area (Å²) in [6, 6.07) is 30.2. The van der Waals surface area contributed by atoms with Crippen molar-refractivity contribution in [3.05, 3.63) is 114 Å². The van der Waals surface area contributed by atoms with Crippen LogP contribution in [0.2, 0.25) is 0 Å². The Morgan fingerprint density at radius 2 is 1.51 bits per heavy atom. The molecule has 6 aromatic rings. The SMILES string of the molecule is O=C1CCC(N2C(=O)c3cccc4c(C5CCC(N6CCC(c7ccc(-n8ccc9nnc(-c%10ccccc%10O)cc98)cc7)CC6)CC5)ccc2c34)C(=O)N1. The molecule has 4 aromatic carbocycles. The molecule has 0 radical (unpaired) electrons. The molecule has 1 aliphatic carbocycles. The van der Waals surface area contributed by atoms with E-state index < -0.39 is 11.9 Å². The standard InChI is InChI=1S/C45H42N6O4/c52-41-7-2-1-4-34(41)37-26-40-36(47-48-37)22-25-50(40)31-14-8-27(9-15-31)28-20-23-49(24-21-28)30-12-10-29(11-13-30)32-16-17-38-43-33(32)5-3-6-35(43)45(55)51(38)39-18-19-42(53)46-44(39)54/h1-9,14-17,22,25-26,28-30,39,52H,10-13,18-21,23-24H2,(H,46,53,54). The van der Waals surface area contributed by atoms with Gasteiger partial charge < -0.3 is 14.6 Å². The number of piperidine rings is 2. The highest BCUT2D eigenvalue weighted by molar-refractivity contribution is 6.27. The second-order valence-electron chi connectivity index (χ2n) is 15.7. The predicted octanol–water partition coefficient (Wildman–Crippen LogP) is 7.62. The maximum absolute atomic E-state index is 13.6. The Morgan fingerprint density at radius 3 is 2.29 bits per heavy atom. The number of hydrogen-bond donors (Lipinski definition) is 2. The molecule has 3 fully saturated rings. The van der Waals surface area contributed by atoms with Gasteiger partial charge in [0.25, 0.3) is 5.91 Å². The van der Waals surface area contributed by atoms with E-state index in [1.807, 2.05) is 48.7 Å². The molecule has 1 unspecified atom stereocenters. The van der Waals surface area contributed by atoms with E-state index in [1.165, 1.54) is 11.1 Å². The Bertz CT molecular complexity index is 2490. The lowest BCUT2D eigenvalue weighted by Gasteiger charge is -2.41. The molecule has 1 atom stereocenters. The van der Waals surface area contributed by atoms with Crippen molar-refractivity contribution in [2.75, 3.05) is 18.0 Å². The molecule has 1 saturated carbocycles. The number of benzene rings is 4. The molecule has 2 saturated heterocycles. The topological polar surface area (TPSA) is 121 Å². The number of likely N-dealkylation sites (tertiary alicyclic amines) is 1. The number of imide groups is 1. The maximum Gasteiger partial charge on any atom is 0.259 e. The van der Waals surface area contributed by atoms with E-state index in [0.29, 0.717) is 41.1 Å². The van der Waals surface area contributed by atoms with Gasteiger partial charge >= 0.3 is 0 Å². The van der Waals surface area contributed by atoms with E-state index >= 15 is 0 Å². The van der Waals surface area contributed by atoms with Gasteiger partial charge in [0.1, 0.15) is 17.3 Å². The van der Waals surface area contributed by atoms with E-state index in [-0.39, 0.29) is 24.0 Å². The quantitative estimate of drug-likeness (QED) is 0.169. The zero-order chi connectivity index (χ0) is 37.2. The second kappa shape index (κ2) is 13.5. The van der Waals surface area contributed by atoms with Crippen LogP contribution in [0.3, 0.4) is 0 Å². The molecule has 2 N–H and O–H groups in total. The first-order chi connectivity index (χ1) is 26.9. The zero-order valence-electron chi connectivity index (χ0n) is 30.5. The summed E-state index contributed by atoms with van der Waals surface area (Å²) in [5.74, 6) is 0.330. The number of nitrogens with zero attached hydrogens (tertiary/aromatic N) is 5. The fourth-order valence-electron chi connectivity index (χ4n) is 9.86. The van der Waals surface area contributed by atoms with E-state index in [2.05, 4.69) is 61.4 Å². The van der Waals surface area contributed by atoms with Gasteiger partial charge in [0.05, 0.1) is 16.9 Å². The van der Waals surface area contributed by atoms with E-state index in [9.17, 15) is 19.5 Å². The molecule has 10 heteroatoms. The molecule has 3 aliphatic heterocycles. The van der Waals surface area contributed by atoms with Crippen LogP contribution in [-0.2, 0) is 9.59 Å². The number of carbonyl (C=O) groups excluding carboxylic acids is 3. The summed E-state index contributed by atoms with van der Waals surface area (Å²) in [6.45, 7) is 2.22. The fourth-order valence-corrected chi connectivity index (χ4v) is 9.86. The van der Waals surface area contributed by atoms with Crippen molar-refractivity contribution >= 4 is 45.2 Å². The zero-order valence-corrected chi connectivity index (χ0v) is 30.5. The summed E-state index contributed by atoms with van der Waals surface area (Å²) >= 11 is 0. The Hall–Kier alpha value is -5.87. The highest BCUT2D eigenvalue weighted by atomic mass is 16.3. The summed E-state index contributed by atoms with van der Waals surface area (Å²) in [6.07, 6.45) is 9.46. The third-order valence-electron chi connectivity index (χ3n) is 12.7. The van der Waals surface area contributed by atoms with Gasteiger partial charge in [0.2, 0.25) is 11.8 Å². The van der Waals surface area contributed by atoms with Gasteiger partial charge in [-0.3, -0.25) is 24.6 Å². The number of amides is 3. The molecule has 3 amide bonds. The number of anilines is 1. The lowest BCUT2D eigenvalue weighted by atomic mass is 9.78. The number of aromatic nitrogens is 3. The smallest absolute Gasteiger partial charge is 0.259 e. The molecule has 55 heavy (non-hydrogen) atoms. The number of hydrogen-bond acceptors (Lipinski definition) is 7. The molecular weight excluding hydrogens is 689 g/mol. The number of phenols is 1. The monoisotopic (exact) mass is 730 g/mol. The van der Waals surface area contributed by atoms with Gasteiger partial charge in [-0.05, 0) is 135 Å². The molecule has 0 bridgehead atoms. The van der Waals surface area contributed by atoms with Crippen LogP contribution in [0.5, 0.6) is 5.75 Å². The number of carbonyl (C=O) groups is 3. The number of fused-ring (bicyclic) bond motifs is 1. The molecule has 4 aliphatic rings. The Labute approximate surface area is 318 Å². The van der Waals surface area contributed by atoms with Gasteiger partial charge in [-0.15, -0.1) is 10.2 Å². The first kappa shape index (κ1) is 33.7. The molecular formula is C45H42N6O4. The second-order valence-corrected chi connectivity index (χ2v) is 15.7. The van der Waals surface area contributed by atoms with E-state index in [4.69, 9.17) is 0 Å². The van der Waals surface area contributed by atoms with Crippen LogP contribution in [0.25, 0.3) is 38.8 Å². The predicted molar refractivity (Wildman–Crippen MR) is 211 cm³/mol. The van der Waals surface area contributed by atoms with Crippen molar-refractivity contribution in [3.63, 3.8) is 0 Å². The minimum absolute atomic E-state index is 0.152. The summed E-state index contributed by atoms with van der Waals surface area (Å²) in [5, 5.41) is 23.6. The van der Waals surface area contributed by atoms with Crippen molar-refractivity contribution in [1.29, 1.82) is 0 Å². The summed E-state index contributed by atoms with van der Waals surface area (Å²) in [7, 11) is 0. The van der Waals surface area contributed by atoms with Crippen molar-refractivity contribution in [3.8, 4) is 22.7 Å². The van der Waals surface area contributed by atoms with Crippen LogP contribution in [0, 0.1) is 0 Å². The van der Waals surface area contributed by atoms with Crippen molar-refractivity contribution in [1.82, 2.24) is 25.0 Å². The fraction of sp³-hybridized carbons (Fsp3) is 0.311. The third-order valence-corrected chi connectivity index (χ3v) is 12.7. The van der Waals surface area contributed by atoms with Gasteiger partial charge in [0.15, 0.2) is 0 Å². The summed E-state index contributed by atoms with van der Waals surface area (Å²) in [4.78, 5) is 42.6. The van der Waals surface area contributed by atoms with Crippen LogP contribution in [0.1, 0.15) is 84.7 Å². The van der Waals surface area contributed by atoms with Gasteiger partial charge in [-0.25, -0.2) is 0 Å². The Balaban J connectivity index is 0.784. The average Bonchev–Trinajstić information content (AvgIpc) is 3.77. The molecule has 10 nitrogen and oxygen atoms in total.